The van der Waals surface area contributed by atoms with E-state index in [1.165, 1.54) is 18.4 Å². The fourth-order valence-corrected chi connectivity index (χ4v) is 3.46. The first-order valence-corrected chi connectivity index (χ1v) is 7.83. The predicted molar refractivity (Wildman–Crippen MR) is 79.8 cm³/mol. The molecule has 0 N–H and O–H groups in total. The molecule has 5 heteroatoms. The molecule has 1 aliphatic rings. The molecule has 0 amide bonds. The quantitative estimate of drug-likeness (QED) is 0.563. The molecule has 2 nitrogen and oxygen atoms in total. The maximum atomic E-state index is 6.20. The number of hydrogen-bond donors (Lipinski definition) is 0. The van der Waals surface area contributed by atoms with Crippen LogP contribution in [0.25, 0.3) is 11.4 Å². The first-order valence-electron chi connectivity index (χ1n) is 5.43. The van der Waals surface area contributed by atoms with E-state index in [9.17, 15) is 0 Å². The summed E-state index contributed by atoms with van der Waals surface area (Å²) in [6, 6.07) is 0. The molecule has 0 aromatic carbocycles. The molecule has 0 radical (unpaired) electrons. The van der Waals surface area contributed by atoms with Crippen molar-refractivity contribution in [1.29, 1.82) is 0 Å². The van der Waals surface area contributed by atoms with Crippen molar-refractivity contribution in [2.45, 2.75) is 25.7 Å². The highest BCUT2D eigenvalue weighted by Gasteiger charge is 2.29. The SMILES string of the molecule is Cc1cscc1-c1nc(Cl)c(I)c(C2CC2)n1. The molecule has 1 aliphatic carbocycles. The Balaban J connectivity index is 2.15. The van der Waals surface area contributed by atoms with Gasteiger partial charge >= 0.3 is 0 Å². The zero-order chi connectivity index (χ0) is 12.0. The van der Waals surface area contributed by atoms with Crippen LogP contribution < -0.4 is 0 Å². The Kier molecular flexibility index (Phi) is 3.13. The minimum absolute atomic E-state index is 0.586. The maximum absolute atomic E-state index is 6.20. The monoisotopic (exact) mass is 376 g/mol. The van der Waals surface area contributed by atoms with Crippen LogP contribution in [0.15, 0.2) is 10.8 Å². The third kappa shape index (κ3) is 2.22. The fourth-order valence-electron chi connectivity index (χ4n) is 1.77. The second-order valence-electron chi connectivity index (χ2n) is 4.28. The van der Waals surface area contributed by atoms with Crippen molar-refractivity contribution in [1.82, 2.24) is 9.97 Å². The van der Waals surface area contributed by atoms with Gasteiger partial charge in [0, 0.05) is 16.9 Å². The molecule has 0 atom stereocenters. The summed E-state index contributed by atoms with van der Waals surface area (Å²) in [4.78, 5) is 9.10. The van der Waals surface area contributed by atoms with Crippen LogP contribution >= 0.6 is 45.5 Å². The summed E-state index contributed by atoms with van der Waals surface area (Å²) in [6.07, 6.45) is 2.46. The van der Waals surface area contributed by atoms with Crippen LogP contribution in [0.2, 0.25) is 5.15 Å². The highest BCUT2D eigenvalue weighted by Crippen LogP contribution is 2.43. The van der Waals surface area contributed by atoms with Crippen molar-refractivity contribution in [2.75, 3.05) is 0 Å². The average molecular weight is 377 g/mol. The molecule has 3 rings (SSSR count). The van der Waals surface area contributed by atoms with Crippen LogP contribution in [-0.2, 0) is 0 Å². The van der Waals surface area contributed by atoms with Crippen molar-refractivity contribution in [3.63, 3.8) is 0 Å². The molecule has 1 fully saturated rings. The lowest BCUT2D eigenvalue weighted by atomic mass is 10.2. The largest absolute Gasteiger partial charge is 0.232 e. The first kappa shape index (κ1) is 11.9. The molecule has 2 aromatic rings. The van der Waals surface area contributed by atoms with Crippen molar-refractivity contribution in [3.05, 3.63) is 30.7 Å². The summed E-state index contributed by atoms with van der Waals surface area (Å²) in [7, 11) is 0. The van der Waals surface area contributed by atoms with Crippen LogP contribution in [0.3, 0.4) is 0 Å². The van der Waals surface area contributed by atoms with Gasteiger partial charge in [0.1, 0.15) is 5.15 Å². The number of nitrogens with zero attached hydrogens (tertiary/aromatic N) is 2. The summed E-state index contributed by atoms with van der Waals surface area (Å²) < 4.78 is 1.02. The van der Waals surface area contributed by atoms with Gasteiger partial charge in [-0.1, -0.05) is 11.6 Å². The van der Waals surface area contributed by atoms with Gasteiger partial charge in [-0.3, -0.25) is 0 Å². The molecule has 1 saturated carbocycles. The first-order chi connectivity index (χ1) is 8.16. The standard InChI is InChI=1S/C12H10ClIN2S/c1-6-4-17-5-8(6)12-15-10(7-2-3-7)9(14)11(13)16-12/h4-5,7H,2-3H2,1H3. The maximum Gasteiger partial charge on any atom is 0.162 e. The second kappa shape index (κ2) is 4.48. The van der Waals surface area contributed by atoms with Gasteiger partial charge in [0.05, 0.1) is 9.26 Å². The van der Waals surface area contributed by atoms with Crippen LogP contribution in [0.1, 0.15) is 30.0 Å². The molecular weight excluding hydrogens is 367 g/mol. The molecule has 2 heterocycles. The smallest absolute Gasteiger partial charge is 0.162 e. The summed E-state index contributed by atoms with van der Waals surface area (Å²) in [5.41, 5.74) is 3.45. The lowest BCUT2D eigenvalue weighted by Crippen LogP contribution is -1.99. The third-order valence-electron chi connectivity index (χ3n) is 2.90. The second-order valence-corrected chi connectivity index (χ2v) is 6.46. The summed E-state index contributed by atoms with van der Waals surface area (Å²) in [5.74, 6) is 1.37. The zero-order valence-electron chi connectivity index (χ0n) is 9.20. The number of rotatable bonds is 2. The van der Waals surface area contributed by atoms with E-state index in [2.05, 4.69) is 45.3 Å². The van der Waals surface area contributed by atoms with E-state index in [0.29, 0.717) is 11.1 Å². The third-order valence-corrected chi connectivity index (χ3v) is 5.41. The molecule has 88 valence electrons. The van der Waals surface area contributed by atoms with Crippen LogP contribution in [0, 0.1) is 10.5 Å². The van der Waals surface area contributed by atoms with Gasteiger partial charge in [-0.2, -0.15) is 11.3 Å². The van der Waals surface area contributed by atoms with E-state index < -0.39 is 0 Å². The van der Waals surface area contributed by atoms with E-state index in [1.54, 1.807) is 11.3 Å². The molecule has 17 heavy (non-hydrogen) atoms. The van der Waals surface area contributed by atoms with E-state index in [1.807, 2.05) is 0 Å². The molecule has 0 bridgehead atoms. The van der Waals surface area contributed by atoms with Gasteiger partial charge in [-0.15, -0.1) is 0 Å². The Morgan fingerprint density at radius 3 is 2.71 bits per heavy atom. The van der Waals surface area contributed by atoms with E-state index in [-0.39, 0.29) is 0 Å². The average Bonchev–Trinajstić information content (AvgIpc) is 3.05. The topological polar surface area (TPSA) is 25.8 Å². The van der Waals surface area contributed by atoms with Crippen LogP contribution in [0.5, 0.6) is 0 Å². The highest BCUT2D eigenvalue weighted by atomic mass is 127. The van der Waals surface area contributed by atoms with Crippen molar-refractivity contribution in [2.24, 2.45) is 0 Å². The molecule has 2 aromatic heterocycles. The van der Waals surface area contributed by atoms with Gasteiger partial charge in [-0.05, 0) is 53.3 Å². The lowest BCUT2D eigenvalue weighted by molar-refractivity contribution is 0.977. The molecule has 0 unspecified atom stereocenters. The highest BCUT2D eigenvalue weighted by molar-refractivity contribution is 14.1. The molecular formula is C12H10ClIN2S. The summed E-state index contributed by atoms with van der Waals surface area (Å²) >= 11 is 10.1. The number of aromatic nitrogens is 2. The Bertz CT molecular complexity index is 578. The van der Waals surface area contributed by atoms with Gasteiger partial charge in [-0.25, -0.2) is 9.97 Å². The number of halogens is 2. The van der Waals surface area contributed by atoms with E-state index in [4.69, 9.17) is 16.6 Å². The molecule has 0 saturated heterocycles. The van der Waals surface area contributed by atoms with Crippen LogP contribution in [-0.4, -0.2) is 9.97 Å². The van der Waals surface area contributed by atoms with Crippen molar-refractivity contribution in [3.8, 4) is 11.4 Å². The Morgan fingerprint density at radius 1 is 1.35 bits per heavy atom. The van der Waals surface area contributed by atoms with E-state index >= 15 is 0 Å². The van der Waals surface area contributed by atoms with E-state index in [0.717, 1.165) is 20.7 Å². The van der Waals surface area contributed by atoms with Gasteiger partial charge in [0.15, 0.2) is 5.82 Å². The summed E-state index contributed by atoms with van der Waals surface area (Å²) in [6.45, 7) is 2.08. The number of aryl methyl sites for hydroxylation is 1. The lowest BCUT2D eigenvalue weighted by Gasteiger charge is -2.07. The summed E-state index contributed by atoms with van der Waals surface area (Å²) in [5, 5.41) is 4.79. The Labute approximate surface area is 123 Å². The van der Waals surface area contributed by atoms with Gasteiger partial charge < -0.3 is 0 Å². The minimum atomic E-state index is 0.586. The zero-order valence-corrected chi connectivity index (χ0v) is 12.9. The van der Waals surface area contributed by atoms with Crippen molar-refractivity contribution >= 4 is 45.5 Å². The number of thiophene rings is 1. The van der Waals surface area contributed by atoms with Crippen molar-refractivity contribution < 1.29 is 0 Å². The Morgan fingerprint density at radius 2 is 2.12 bits per heavy atom. The van der Waals surface area contributed by atoms with Crippen LogP contribution in [0.4, 0.5) is 0 Å². The normalized spacial score (nSPS) is 15.2. The minimum Gasteiger partial charge on any atom is -0.232 e. The molecule has 0 spiro atoms. The van der Waals surface area contributed by atoms with Gasteiger partial charge in [0.2, 0.25) is 0 Å². The van der Waals surface area contributed by atoms with Gasteiger partial charge in [0.25, 0.3) is 0 Å². The predicted octanol–water partition coefficient (Wildman–Crippen LogP) is 4.65. The molecule has 0 aliphatic heterocycles. The fraction of sp³-hybridized carbons (Fsp3) is 0.333. The number of hydrogen-bond acceptors (Lipinski definition) is 3. The Hall–Kier alpha value is -0.200.